The van der Waals surface area contributed by atoms with Gasteiger partial charge in [0.25, 0.3) is 0 Å². The van der Waals surface area contributed by atoms with Crippen molar-refractivity contribution in [2.75, 3.05) is 18.7 Å². The number of carbonyl (C=O) groups excluding carboxylic acids is 1. The van der Waals surface area contributed by atoms with Crippen molar-refractivity contribution >= 4 is 23.3 Å². The summed E-state index contributed by atoms with van der Waals surface area (Å²) in [5, 5.41) is 7.83. The summed E-state index contributed by atoms with van der Waals surface area (Å²) in [5.74, 6) is 0.890. The van der Waals surface area contributed by atoms with Crippen molar-refractivity contribution in [3.63, 3.8) is 0 Å². The molecular weight excluding hydrogens is 451 g/mol. The molecule has 1 N–H and O–H groups in total. The van der Waals surface area contributed by atoms with Crippen LogP contribution in [0.1, 0.15) is 22.5 Å². The van der Waals surface area contributed by atoms with Gasteiger partial charge in [0.1, 0.15) is 5.82 Å². The Bertz CT molecular complexity index is 1220. The molecule has 3 heterocycles. The number of fused-ring (bicyclic) bond motifs is 2. The molecule has 0 fully saturated rings. The van der Waals surface area contributed by atoms with E-state index in [-0.39, 0.29) is 31.9 Å². The van der Waals surface area contributed by atoms with Gasteiger partial charge >= 0.3 is 6.03 Å². The summed E-state index contributed by atoms with van der Waals surface area (Å²) in [6, 6.07) is 9.32. The van der Waals surface area contributed by atoms with Crippen LogP contribution in [-0.4, -0.2) is 34.0 Å². The minimum absolute atomic E-state index is 0.181. The molecule has 0 saturated heterocycles. The highest BCUT2D eigenvalue weighted by Crippen LogP contribution is 2.34. The lowest BCUT2D eigenvalue weighted by Gasteiger charge is -2.28. The highest BCUT2D eigenvalue weighted by molar-refractivity contribution is 6.31. The maximum atomic E-state index is 13.2. The van der Waals surface area contributed by atoms with Gasteiger partial charge in [-0.15, -0.1) is 0 Å². The fourth-order valence-corrected chi connectivity index (χ4v) is 4.25. The monoisotopic (exact) mass is 472 g/mol. The second-order valence-electron chi connectivity index (χ2n) is 7.89. The first-order valence-electron chi connectivity index (χ1n) is 10.5. The van der Waals surface area contributed by atoms with Crippen LogP contribution in [0.15, 0.2) is 36.4 Å². The average molecular weight is 473 g/mol. The number of rotatable bonds is 5. The fraction of sp³-hybridized carbons (Fsp3) is 0.304. The maximum Gasteiger partial charge on any atom is 0.322 e. The van der Waals surface area contributed by atoms with E-state index in [1.54, 1.807) is 29.2 Å². The predicted octanol–water partition coefficient (Wildman–Crippen LogP) is 4.25. The molecule has 0 spiro atoms. The summed E-state index contributed by atoms with van der Waals surface area (Å²) in [6.45, 7) is 1.68. The van der Waals surface area contributed by atoms with E-state index in [0.717, 1.165) is 17.0 Å². The molecule has 0 aliphatic carbocycles. The zero-order valence-corrected chi connectivity index (χ0v) is 18.7. The summed E-state index contributed by atoms with van der Waals surface area (Å²) >= 11 is 6.08. The molecule has 0 unspecified atom stereocenters. The van der Waals surface area contributed by atoms with Gasteiger partial charge < -0.3 is 24.4 Å². The van der Waals surface area contributed by atoms with Crippen LogP contribution in [0.4, 0.5) is 14.9 Å². The lowest BCUT2D eigenvalue weighted by Crippen LogP contribution is -2.39. The van der Waals surface area contributed by atoms with Gasteiger partial charge in [-0.2, -0.15) is 5.10 Å². The van der Waals surface area contributed by atoms with Crippen LogP contribution in [0, 0.1) is 5.82 Å². The van der Waals surface area contributed by atoms with E-state index in [9.17, 15) is 9.18 Å². The number of aryl methyl sites for hydroxylation is 1. The van der Waals surface area contributed by atoms with Crippen LogP contribution in [0.2, 0.25) is 5.02 Å². The van der Waals surface area contributed by atoms with Crippen LogP contribution >= 0.6 is 11.6 Å². The molecule has 33 heavy (non-hydrogen) atoms. The Morgan fingerprint density at radius 1 is 1.21 bits per heavy atom. The predicted molar refractivity (Wildman–Crippen MR) is 119 cm³/mol. The minimum atomic E-state index is -0.387. The lowest BCUT2D eigenvalue weighted by atomic mass is 10.1. The van der Waals surface area contributed by atoms with Gasteiger partial charge in [-0.3, -0.25) is 4.68 Å². The van der Waals surface area contributed by atoms with Gasteiger partial charge in [-0.05, 0) is 29.8 Å². The number of benzene rings is 2. The van der Waals surface area contributed by atoms with E-state index in [1.165, 1.54) is 12.1 Å². The standard InChI is InChI=1S/C23H22ClFN4O4/c1-28-20-6-7-29(23(30)26-16-4-5-21-22(9-16)33-13-32-21)10-17(20)19(27-28)12-31-11-14-2-3-15(25)8-18(14)24/h2-5,8-9H,6-7,10-13H2,1H3,(H,26,30). The molecule has 0 atom stereocenters. The van der Waals surface area contributed by atoms with Gasteiger partial charge in [0.15, 0.2) is 11.5 Å². The van der Waals surface area contributed by atoms with Crippen molar-refractivity contribution in [1.29, 1.82) is 0 Å². The normalized spacial score (nSPS) is 14.3. The van der Waals surface area contributed by atoms with Gasteiger partial charge in [0.2, 0.25) is 6.79 Å². The topological polar surface area (TPSA) is 77.9 Å². The number of urea groups is 1. The van der Waals surface area contributed by atoms with Crippen molar-refractivity contribution in [2.45, 2.75) is 26.2 Å². The first kappa shape index (κ1) is 21.5. The summed E-state index contributed by atoms with van der Waals surface area (Å²) in [6.07, 6.45) is 0.692. The Labute approximate surface area is 194 Å². The minimum Gasteiger partial charge on any atom is -0.454 e. The molecule has 5 rings (SSSR count). The van der Waals surface area contributed by atoms with E-state index in [0.29, 0.717) is 47.3 Å². The number of carbonyl (C=O) groups is 1. The van der Waals surface area contributed by atoms with Gasteiger partial charge in [0, 0.05) is 48.0 Å². The molecule has 10 heteroatoms. The van der Waals surface area contributed by atoms with Crippen molar-refractivity contribution in [3.8, 4) is 11.5 Å². The first-order valence-corrected chi connectivity index (χ1v) is 10.9. The molecule has 2 amide bonds. The molecule has 0 radical (unpaired) electrons. The number of hydrogen-bond donors (Lipinski definition) is 1. The van der Waals surface area contributed by atoms with E-state index in [4.69, 9.17) is 25.8 Å². The Morgan fingerprint density at radius 2 is 2.06 bits per heavy atom. The molecule has 2 aliphatic rings. The number of anilines is 1. The Hall–Kier alpha value is -3.30. The molecule has 2 aromatic carbocycles. The number of aromatic nitrogens is 2. The van der Waals surface area contributed by atoms with Gasteiger partial charge in [-0.25, -0.2) is 9.18 Å². The summed E-state index contributed by atoms with van der Waals surface area (Å²) in [7, 11) is 1.89. The SMILES string of the molecule is Cn1nc(COCc2ccc(F)cc2Cl)c2c1CCN(C(=O)Nc1ccc3c(c1)OCO3)C2. The van der Waals surface area contributed by atoms with E-state index < -0.39 is 0 Å². The third-order valence-corrected chi connectivity index (χ3v) is 6.10. The highest BCUT2D eigenvalue weighted by atomic mass is 35.5. The molecule has 8 nitrogen and oxygen atoms in total. The van der Waals surface area contributed by atoms with Crippen LogP contribution in [-0.2, 0) is 38.0 Å². The third-order valence-electron chi connectivity index (χ3n) is 5.75. The summed E-state index contributed by atoms with van der Waals surface area (Å²) in [5.41, 5.74) is 4.18. The molecule has 0 bridgehead atoms. The van der Waals surface area contributed by atoms with Crippen molar-refractivity contribution in [3.05, 3.63) is 69.8 Å². The second-order valence-corrected chi connectivity index (χ2v) is 8.30. The molecular formula is C23H22ClFN4O4. The van der Waals surface area contributed by atoms with Gasteiger partial charge in [0.05, 0.1) is 25.5 Å². The second kappa shape index (κ2) is 8.92. The number of halogens is 2. The molecule has 2 aliphatic heterocycles. The molecule has 3 aromatic rings. The Morgan fingerprint density at radius 3 is 2.91 bits per heavy atom. The van der Waals surface area contributed by atoms with Crippen LogP contribution in [0.25, 0.3) is 0 Å². The first-order chi connectivity index (χ1) is 16.0. The Kier molecular flexibility index (Phi) is 5.82. The third kappa shape index (κ3) is 4.46. The smallest absolute Gasteiger partial charge is 0.322 e. The zero-order valence-electron chi connectivity index (χ0n) is 17.9. The van der Waals surface area contributed by atoms with Crippen molar-refractivity contribution in [1.82, 2.24) is 14.7 Å². The number of ether oxygens (including phenoxy) is 3. The van der Waals surface area contributed by atoms with Crippen LogP contribution in [0.3, 0.4) is 0 Å². The number of amides is 2. The Balaban J connectivity index is 1.24. The fourth-order valence-electron chi connectivity index (χ4n) is 4.03. The summed E-state index contributed by atoms with van der Waals surface area (Å²) in [4.78, 5) is 14.6. The quantitative estimate of drug-likeness (QED) is 0.600. The van der Waals surface area contributed by atoms with Crippen molar-refractivity contribution in [2.24, 2.45) is 7.05 Å². The highest BCUT2D eigenvalue weighted by Gasteiger charge is 2.27. The van der Waals surface area contributed by atoms with Crippen molar-refractivity contribution < 1.29 is 23.4 Å². The summed E-state index contributed by atoms with van der Waals surface area (Å²) < 4.78 is 31.6. The van der Waals surface area contributed by atoms with E-state index in [2.05, 4.69) is 10.4 Å². The largest absolute Gasteiger partial charge is 0.454 e. The average Bonchev–Trinajstić information content (AvgIpc) is 3.39. The maximum absolute atomic E-state index is 13.2. The zero-order chi connectivity index (χ0) is 22.9. The molecule has 0 saturated carbocycles. The van der Waals surface area contributed by atoms with E-state index in [1.807, 2.05) is 11.7 Å². The lowest BCUT2D eigenvalue weighted by molar-refractivity contribution is 0.103. The number of hydrogen-bond acceptors (Lipinski definition) is 5. The van der Waals surface area contributed by atoms with Crippen LogP contribution < -0.4 is 14.8 Å². The number of nitrogens with one attached hydrogen (secondary N) is 1. The number of nitrogens with zero attached hydrogens (tertiary/aromatic N) is 3. The van der Waals surface area contributed by atoms with Crippen LogP contribution in [0.5, 0.6) is 11.5 Å². The molecule has 172 valence electrons. The van der Waals surface area contributed by atoms with Gasteiger partial charge in [-0.1, -0.05) is 17.7 Å². The van der Waals surface area contributed by atoms with E-state index >= 15 is 0 Å². The molecule has 1 aromatic heterocycles.